The second kappa shape index (κ2) is 7.63. The quantitative estimate of drug-likeness (QED) is 0.658. The van der Waals surface area contributed by atoms with E-state index in [0.717, 1.165) is 16.8 Å². The van der Waals surface area contributed by atoms with E-state index in [2.05, 4.69) is 32.9 Å². The van der Waals surface area contributed by atoms with Crippen molar-refractivity contribution in [1.29, 1.82) is 0 Å². The van der Waals surface area contributed by atoms with Crippen molar-refractivity contribution >= 4 is 34.6 Å². The topological polar surface area (TPSA) is 63.0 Å². The van der Waals surface area contributed by atoms with E-state index in [1.165, 1.54) is 5.56 Å². The first kappa shape index (κ1) is 17.4. The molecule has 7 heteroatoms. The summed E-state index contributed by atoms with van der Waals surface area (Å²) in [5.41, 5.74) is 4.07. The van der Waals surface area contributed by atoms with Crippen molar-refractivity contribution in [1.82, 2.24) is 15.5 Å². The number of aryl methyl sites for hydroxylation is 2. The minimum atomic E-state index is 0.338. The Hall–Kier alpha value is -2.44. The van der Waals surface area contributed by atoms with E-state index in [9.17, 15) is 0 Å². The van der Waals surface area contributed by atoms with Gasteiger partial charge in [-0.3, -0.25) is 0 Å². The Balaban J connectivity index is 1.60. The normalized spacial score (nSPS) is 10.5. The number of rotatable bonds is 4. The number of benzene rings is 2. The number of anilines is 1. The molecule has 0 aliphatic rings. The van der Waals surface area contributed by atoms with Crippen LogP contribution in [0.1, 0.15) is 17.0 Å². The molecule has 0 spiro atoms. The molecule has 0 aliphatic heterocycles. The molecule has 3 rings (SSSR count). The number of hydrogen-bond acceptors (Lipinski definition) is 4. The first-order valence-corrected chi connectivity index (χ1v) is 8.50. The van der Waals surface area contributed by atoms with Gasteiger partial charge in [0.25, 0.3) is 0 Å². The summed E-state index contributed by atoms with van der Waals surface area (Å²) < 4.78 is 5.25. The van der Waals surface area contributed by atoms with Crippen LogP contribution in [0.4, 0.5) is 5.69 Å². The van der Waals surface area contributed by atoms with Crippen molar-refractivity contribution in [3.8, 4) is 11.4 Å². The van der Waals surface area contributed by atoms with Crippen LogP contribution in [0.2, 0.25) is 5.02 Å². The Bertz CT molecular complexity index is 910. The standard InChI is InChI=1S/C18H17ClN4OS/c1-11-6-7-12(2)15(8-11)21-18(25)20-10-16-22-17(23-24-16)13-4-3-5-14(19)9-13/h3-9H,10H2,1-2H3,(H2,20,21,25). The van der Waals surface area contributed by atoms with Crippen LogP contribution in [0, 0.1) is 13.8 Å². The predicted octanol–water partition coefficient (Wildman–Crippen LogP) is 4.49. The first-order chi connectivity index (χ1) is 12.0. The molecule has 5 nitrogen and oxygen atoms in total. The molecule has 3 aromatic rings. The molecule has 0 fully saturated rings. The molecule has 25 heavy (non-hydrogen) atoms. The fraction of sp³-hybridized carbons (Fsp3) is 0.167. The van der Waals surface area contributed by atoms with Crippen molar-refractivity contribution in [2.24, 2.45) is 0 Å². The van der Waals surface area contributed by atoms with E-state index in [4.69, 9.17) is 28.3 Å². The summed E-state index contributed by atoms with van der Waals surface area (Å²) in [7, 11) is 0. The second-order valence-electron chi connectivity index (χ2n) is 5.65. The highest BCUT2D eigenvalue weighted by atomic mass is 35.5. The highest BCUT2D eigenvalue weighted by molar-refractivity contribution is 7.80. The lowest BCUT2D eigenvalue weighted by Crippen LogP contribution is -2.28. The highest BCUT2D eigenvalue weighted by Gasteiger charge is 2.09. The third kappa shape index (κ3) is 4.55. The number of nitrogens with zero attached hydrogens (tertiary/aromatic N) is 2. The van der Waals surface area contributed by atoms with Crippen molar-refractivity contribution < 1.29 is 4.52 Å². The lowest BCUT2D eigenvalue weighted by Gasteiger charge is -2.12. The summed E-state index contributed by atoms with van der Waals surface area (Å²) >= 11 is 11.3. The van der Waals surface area contributed by atoms with Crippen LogP contribution in [-0.4, -0.2) is 15.3 Å². The zero-order chi connectivity index (χ0) is 17.8. The van der Waals surface area contributed by atoms with E-state index in [1.54, 1.807) is 12.1 Å². The highest BCUT2D eigenvalue weighted by Crippen LogP contribution is 2.20. The Morgan fingerprint density at radius 1 is 1.20 bits per heavy atom. The first-order valence-electron chi connectivity index (χ1n) is 7.72. The Kier molecular flexibility index (Phi) is 5.31. The maximum atomic E-state index is 5.98. The summed E-state index contributed by atoms with van der Waals surface area (Å²) in [5, 5.41) is 11.3. The van der Waals surface area contributed by atoms with Crippen LogP contribution in [0.3, 0.4) is 0 Å². The van der Waals surface area contributed by atoms with Crippen LogP contribution in [0.5, 0.6) is 0 Å². The minimum Gasteiger partial charge on any atom is -0.353 e. The van der Waals surface area contributed by atoms with E-state index in [-0.39, 0.29) is 0 Å². The van der Waals surface area contributed by atoms with Crippen molar-refractivity contribution in [2.45, 2.75) is 20.4 Å². The molecule has 0 aliphatic carbocycles. The van der Waals surface area contributed by atoms with Gasteiger partial charge in [-0.1, -0.05) is 41.0 Å². The summed E-state index contributed by atoms with van der Waals surface area (Å²) in [5.74, 6) is 0.938. The summed E-state index contributed by atoms with van der Waals surface area (Å²) in [6.07, 6.45) is 0. The lowest BCUT2D eigenvalue weighted by molar-refractivity contribution is 0.376. The zero-order valence-corrected chi connectivity index (χ0v) is 15.4. The molecular formula is C18H17ClN4OS. The Morgan fingerprint density at radius 2 is 2.04 bits per heavy atom. The smallest absolute Gasteiger partial charge is 0.246 e. The Morgan fingerprint density at radius 3 is 2.84 bits per heavy atom. The van der Waals surface area contributed by atoms with Crippen molar-refractivity contribution in [2.75, 3.05) is 5.32 Å². The van der Waals surface area contributed by atoms with Gasteiger partial charge in [0, 0.05) is 16.3 Å². The monoisotopic (exact) mass is 372 g/mol. The van der Waals surface area contributed by atoms with Crippen LogP contribution < -0.4 is 10.6 Å². The molecule has 2 N–H and O–H groups in total. The van der Waals surface area contributed by atoms with Gasteiger partial charge in [-0.25, -0.2) is 0 Å². The number of halogens is 1. The third-order valence-corrected chi connectivity index (χ3v) is 4.07. The molecule has 0 amide bonds. The molecule has 0 atom stereocenters. The van der Waals surface area contributed by atoms with Gasteiger partial charge in [-0.2, -0.15) is 4.98 Å². The molecular weight excluding hydrogens is 356 g/mol. The molecule has 0 unspecified atom stereocenters. The SMILES string of the molecule is Cc1ccc(C)c(NC(=S)NCc2nc(-c3cccc(Cl)c3)no2)c1. The summed E-state index contributed by atoms with van der Waals surface area (Å²) in [6.45, 7) is 4.40. The fourth-order valence-corrected chi connectivity index (χ4v) is 2.64. The van der Waals surface area contributed by atoms with E-state index < -0.39 is 0 Å². The molecule has 128 valence electrons. The minimum absolute atomic E-state index is 0.338. The van der Waals surface area contributed by atoms with Gasteiger partial charge in [0.05, 0.1) is 6.54 Å². The predicted molar refractivity (Wildman–Crippen MR) is 104 cm³/mol. The van der Waals surface area contributed by atoms with Crippen LogP contribution >= 0.6 is 23.8 Å². The number of aromatic nitrogens is 2. The molecule has 2 aromatic carbocycles. The molecule has 1 aromatic heterocycles. The fourth-order valence-electron chi connectivity index (χ4n) is 2.26. The van der Waals surface area contributed by atoms with Crippen LogP contribution in [0.25, 0.3) is 11.4 Å². The van der Waals surface area contributed by atoms with Gasteiger partial charge in [0.2, 0.25) is 11.7 Å². The van der Waals surface area contributed by atoms with Crippen molar-refractivity contribution in [3.63, 3.8) is 0 Å². The molecule has 1 heterocycles. The average molecular weight is 373 g/mol. The Labute approximate surface area is 156 Å². The van der Waals surface area contributed by atoms with Crippen LogP contribution in [0.15, 0.2) is 47.0 Å². The molecule has 0 bridgehead atoms. The maximum absolute atomic E-state index is 5.98. The third-order valence-electron chi connectivity index (χ3n) is 3.59. The van der Waals surface area contributed by atoms with Gasteiger partial charge in [-0.15, -0.1) is 0 Å². The van der Waals surface area contributed by atoms with Gasteiger partial charge < -0.3 is 15.2 Å². The molecule has 0 saturated carbocycles. The van der Waals surface area contributed by atoms with Crippen LogP contribution in [-0.2, 0) is 6.54 Å². The van der Waals surface area contributed by atoms with E-state index in [1.807, 2.05) is 32.0 Å². The number of thiocarbonyl (C=S) groups is 1. The molecule has 0 radical (unpaired) electrons. The van der Waals surface area contributed by atoms with Gasteiger partial charge in [0.15, 0.2) is 5.11 Å². The maximum Gasteiger partial charge on any atom is 0.246 e. The average Bonchev–Trinajstić information content (AvgIpc) is 3.05. The van der Waals surface area contributed by atoms with Gasteiger partial charge in [-0.05, 0) is 55.4 Å². The summed E-state index contributed by atoms with van der Waals surface area (Å²) in [6, 6.07) is 13.5. The molecule has 0 saturated heterocycles. The van der Waals surface area contributed by atoms with Gasteiger partial charge in [0.1, 0.15) is 0 Å². The lowest BCUT2D eigenvalue weighted by atomic mass is 10.1. The second-order valence-corrected chi connectivity index (χ2v) is 6.49. The summed E-state index contributed by atoms with van der Waals surface area (Å²) in [4.78, 5) is 4.35. The van der Waals surface area contributed by atoms with E-state index >= 15 is 0 Å². The largest absolute Gasteiger partial charge is 0.353 e. The van der Waals surface area contributed by atoms with E-state index in [0.29, 0.717) is 28.4 Å². The number of hydrogen-bond donors (Lipinski definition) is 2. The zero-order valence-electron chi connectivity index (χ0n) is 13.8. The van der Waals surface area contributed by atoms with Crippen molar-refractivity contribution in [3.05, 3.63) is 64.5 Å². The van der Waals surface area contributed by atoms with Gasteiger partial charge >= 0.3 is 0 Å². The number of nitrogens with one attached hydrogen (secondary N) is 2.